The number of fused-ring (bicyclic) bond motifs is 1. The van der Waals surface area contributed by atoms with Crippen LogP contribution in [0.15, 0.2) is 35.8 Å². The van der Waals surface area contributed by atoms with Gasteiger partial charge in [0.05, 0.1) is 43.2 Å². The van der Waals surface area contributed by atoms with E-state index in [9.17, 15) is 15.5 Å². The van der Waals surface area contributed by atoms with Gasteiger partial charge in [-0.2, -0.15) is 10.4 Å². The number of carbonyl (C=O) groups excluding carboxylic acids is 1. The van der Waals surface area contributed by atoms with Gasteiger partial charge in [0.1, 0.15) is 17.6 Å². The van der Waals surface area contributed by atoms with Crippen molar-refractivity contribution < 1.29 is 14.8 Å². The number of carbonyl (C=O) groups is 1. The molecule has 1 amide bonds. The minimum Gasteiger partial charge on any atom is -0.375 e. The summed E-state index contributed by atoms with van der Waals surface area (Å²) in [5, 5.41) is 25.8. The van der Waals surface area contributed by atoms with Crippen LogP contribution in [-0.4, -0.2) is 65.3 Å². The van der Waals surface area contributed by atoms with Gasteiger partial charge in [0.25, 0.3) is 0 Å². The highest BCUT2D eigenvalue weighted by atomic mass is 16.5. The van der Waals surface area contributed by atoms with E-state index in [1.807, 2.05) is 29.1 Å². The van der Waals surface area contributed by atoms with Gasteiger partial charge in [-0.05, 0) is 30.5 Å². The monoisotopic (exact) mass is 474 g/mol. The standard InChI is InChI=1S/C26H31N7O2/c1-17(34)32-8-5-24(30-21-6-9-35-16-21)23(15-32)26(28)33-7-3-4-18-10-22(19(12-27)11-25(18)33)20-13-29-31(2)14-20/h10-11,13-14,21,28,30H,3-9,15-16H2,1-2H3/p+1/t21-/m0/s1. The fourth-order valence-corrected chi connectivity index (χ4v) is 5.35. The summed E-state index contributed by atoms with van der Waals surface area (Å²) in [6.45, 7) is 4.92. The summed E-state index contributed by atoms with van der Waals surface area (Å²) >= 11 is 0. The minimum absolute atomic E-state index is 0.0328. The summed E-state index contributed by atoms with van der Waals surface area (Å²) in [6, 6.07) is 6.72. The number of quaternary nitrogens is 1. The minimum atomic E-state index is 0.0328. The topological polar surface area (TPSA) is 115 Å². The Labute approximate surface area is 205 Å². The Morgan fingerprint density at radius 1 is 1.31 bits per heavy atom. The number of anilines is 1. The predicted molar refractivity (Wildman–Crippen MR) is 132 cm³/mol. The summed E-state index contributed by atoms with van der Waals surface area (Å²) in [7, 11) is 1.87. The molecule has 5 rings (SSSR count). The smallest absolute Gasteiger partial charge is 0.219 e. The largest absolute Gasteiger partial charge is 0.375 e. The molecule has 9 heteroatoms. The average molecular weight is 475 g/mol. The van der Waals surface area contributed by atoms with Crippen molar-refractivity contribution in [2.24, 2.45) is 7.05 Å². The number of amidine groups is 1. The van der Waals surface area contributed by atoms with Gasteiger partial charge in [-0.25, -0.2) is 0 Å². The second-order valence-electron chi connectivity index (χ2n) is 9.63. The van der Waals surface area contributed by atoms with E-state index in [2.05, 4.69) is 22.6 Å². The lowest BCUT2D eigenvalue weighted by Crippen LogP contribution is -2.89. The molecule has 0 saturated carbocycles. The molecule has 1 saturated heterocycles. The first-order valence-electron chi connectivity index (χ1n) is 12.3. The number of nitrogens with two attached hydrogens (primary N) is 1. The van der Waals surface area contributed by atoms with Crippen LogP contribution >= 0.6 is 0 Å². The van der Waals surface area contributed by atoms with Crippen LogP contribution in [0.5, 0.6) is 0 Å². The SMILES string of the molecule is CC(=O)N1CCC([NH2+][C@H]2CCOC2)=C(C(=N)N2CCCc3cc(-c4cnn(C)c4)c(C#N)cc32)C1. The van der Waals surface area contributed by atoms with Crippen molar-refractivity contribution in [3.63, 3.8) is 0 Å². The highest BCUT2D eigenvalue weighted by molar-refractivity contribution is 6.09. The summed E-state index contributed by atoms with van der Waals surface area (Å²) in [6.07, 6.45) is 7.27. The molecule has 3 N–H and O–H groups in total. The second-order valence-corrected chi connectivity index (χ2v) is 9.63. The first kappa shape index (κ1) is 23.3. The van der Waals surface area contributed by atoms with E-state index in [1.165, 1.54) is 0 Å². The Morgan fingerprint density at radius 2 is 2.17 bits per heavy atom. The number of hydrogen-bond donors (Lipinski definition) is 2. The molecule has 2 aromatic rings. The zero-order valence-electron chi connectivity index (χ0n) is 20.4. The first-order valence-corrected chi connectivity index (χ1v) is 12.3. The Kier molecular flexibility index (Phi) is 6.41. The molecule has 3 aliphatic heterocycles. The molecule has 1 fully saturated rings. The van der Waals surface area contributed by atoms with Crippen molar-refractivity contribution >= 4 is 17.4 Å². The van der Waals surface area contributed by atoms with E-state index >= 15 is 0 Å². The van der Waals surface area contributed by atoms with Crippen molar-refractivity contribution in [2.75, 3.05) is 37.7 Å². The number of amides is 1. The molecule has 35 heavy (non-hydrogen) atoms. The molecule has 0 spiro atoms. The quantitative estimate of drug-likeness (QED) is 0.515. The molecule has 0 unspecified atom stereocenters. The third kappa shape index (κ3) is 4.59. The number of rotatable bonds is 4. The Hall–Kier alpha value is -3.48. The van der Waals surface area contributed by atoms with Crippen LogP contribution in [0.25, 0.3) is 11.1 Å². The molecule has 0 aliphatic carbocycles. The number of aromatic nitrogens is 2. The van der Waals surface area contributed by atoms with Crippen LogP contribution in [0, 0.1) is 16.7 Å². The van der Waals surface area contributed by atoms with E-state index in [0.29, 0.717) is 37.1 Å². The molecule has 1 aromatic heterocycles. The number of ether oxygens (including phenoxy) is 1. The molecular weight excluding hydrogens is 442 g/mol. The maximum atomic E-state index is 12.2. The molecule has 3 aliphatic rings. The van der Waals surface area contributed by atoms with Gasteiger partial charge in [-0.3, -0.25) is 14.9 Å². The summed E-state index contributed by atoms with van der Waals surface area (Å²) in [5.41, 5.74) is 6.48. The van der Waals surface area contributed by atoms with Crippen molar-refractivity contribution in [1.82, 2.24) is 14.7 Å². The van der Waals surface area contributed by atoms with Crippen LogP contribution in [0.3, 0.4) is 0 Å². The van der Waals surface area contributed by atoms with E-state index < -0.39 is 0 Å². The fourth-order valence-electron chi connectivity index (χ4n) is 5.35. The zero-order valence-corrected chi connectivity index (χ0v) is 20.4. The lowest BCUT2D eigenvalue weighted by atomic mass is 9.92. The van der Waals surface area contributed by atoms with Crippen molar-refractivity contribution in [3.8, 4) is 17.2 Å². The van der Waals surface area contributed by atoms with Gasteiger partial charge in [0.15, 0.2) is 0 Å². The number of nitrogens with zero attached hydrogens (tertiary/aromatic N) is 5. The maximum Gasteiger partial charge on any atom is 0.219 e. The lowest BCUT2D eigenvalue weighted by Gasteiger charge is -2.36. The van der Waals surface area contributed by atoms with Crippen LogP contribution < -0.4 is 10.2 Å². The van der Waals surface area contributed by atoms with Gasteiger partial charge in [-0.1, -0.05) is 0 Å². The lowest BCUT2D eigenvalue weighted by molar-refractivity contribution is -0.644. The molecular formula is C26H32N7O2+. The van der Waals surface area contributed by atoms with Crippen LogP contribution in [-0.2, 0) is 23.0 Å². The molecule has 182 valence electrons. The van der Waals surface area contributed by atoms with Crippen molar-refractivity contribution in [2.45, 2.75) is 38.6 Å². The molecule has 9 nitrogen and oxygen atoms in total. The van der Waals surface area contributed by atoms with Crippen LogP contribution in [0.1, 0.15) is 37.3 Å². The number of nitriles is 1. The molecule has 1 aromatic carbocycles. The van der Waals surface area contributed by atoms with Gasteiger partial charge >= 0.3 is 0 Å². The Bertz CT molecular complexity index is 1230. The third-order valence-electron chi connectivity index (χ3n) is 7.26. The van der Waals surface area contributed by atoms with E-state index in [1.54, 1.807) is 17.8 Å². The number of hydrogen-bond acceptors (Lipinski definition) is 5. The van der Waals surface area contributed by atoms with E-state index in [0.717, 1.165) is 72.5 Å². The average Bonchev–Trinajstić information content (AvgIpc) is 3.54. The van der Waals surface area contributed by atoms with Gasteiger partial charge in [0.2, 0.25) is 5.91 Å². The third-order valence-corrected chi connectivity index (χ3v) is 7.26. The van der Waals surface area contributed by atoms with Crippen LogP contribution in [0.2, 0.25) is 0 Å². The molecule has 1 atom stereocenters. The highest BCUT2D eigenvalue weighted by Crippen LogP contribution is 2.35. The zero-order chi connectivity index (χ0) is 24.5. The Balaban J connectivity index is 1.51. The molecule has 0 radical (unpaired) electrons. The van der Waals surface area contributed by atoms with E-state index in [-0.39, 0.29) is 5.91 Å². The maximum absolute atomic E-state index is 12.2. The normalized spacial score (nSPS) is 20.1. The summed E-state index contributed by atoms with van der Waals surface area (Å²) in [5.74, 6) is 0.463. The second kappa shape index (κ2) is 9.64. The highest BCUT2D eigenvalue weighted by Gasteiger charge is 2.33. The number of nitrogens with one attached hydrogen (secondary N) is 1. The van der Waals surface area contributed by atoms with Gasteiger partial charge < -0.3 is 19.9 Å². The number of benzene rings is 1. The molecule has 0 bridgehead atoms. The summed E-state index contributed by atoms with van der Waals surface area (Å²) < 4.78 is 7.31. The summed E-state index contributed by atoms with van der Waals surface area (Å²) in [4.78, 5) is 16.1. The first-order chi connectivity index (χ1) is 16.9. The molecule has 4 heterocycles. The van der Waals surface area contributed by atoms with E-state index in [4.69, 9.17) is 4.74 Å². The van der Waals surface area contributed by atoms with Gasteiger partial charge in [0, 0.05) is 62.9 Å². The van der Waals surface area contributed by atoms with Crippen molar-refractivity contribution in [1.29, 1.82) is 10.7 Å². The van der Waals surface area contributed by atoms with Gasteiger partial charge in [-0.15, -0.1) is 0 Å². The predicted octanol–water partition coefficient (Wildman–Crippen LogP) is 1.55. The fraction of sp³-hybridized carbons (Fsp3) is 0.462. The van der Waals surface area contributed by atoms with Crippen LogP contribution in [0.4, 0.5) is 5.69 Å². The number of aryl methyl sites for hydroxylation is 2. The van der Waals surface area contributed by atoms with Crippen molar-refractivity contribution in [3.05, 3.63) is 46.9 Å². The Morgan fingerprint density at radius 3 is 2.86 bits per heavy atom.